The Kier molecular flexibility index (Phi) is 5.03. The van der Waals surface area contributed by atoms with E-state index in [4.69, 9.17) is 0 Å². The fraction of sp³-hybridized carbons (Fsp3) is 0.462. The van der Waals surface area contributed by atoms with E-state index in [-0.39, 0.29) is 18.4 Å². The first-order valence-corrected chi connectivity index (χ1v) is 9.30. The van der Waals surface area contributed by atoms with Gasteiger partial charge in [-0.2, -0.15) is 0 Å². The zero-order chi connectivity index (χ0) is 14.8. The molecule has 110 valence electrons. The lowest BCUT2D eigenvalue weighted by molar-refractivity contribution is -0.120. The molecule has 0 aromatic heterocycles. The summed E-state index contributed by atoms with van der Waals surface area (Å²) in [6.45, 7) is 0.778. The largest absolute Gasteiger partial charge is 0.326 e. The smallest absolute Gasteiger partial charge is 0.228 e. The molecule has 0 aliphatic carbocycles. The van der Waals surface area contributed by atoms with Crippen molar-refractivity contribution in [3.05, 3.63) is 27.8 Å². The highest BCUT2D eigenvalue weighted by Gasteiger charge is 2.30. The van der Waals surface area contributed by atoms with Gasteiger partial charge >= 0.3 is 0 Å². The van der Waals surface area contributed by atoms with Crippen molar-refractivity contribution in [1.82, 2.24) is 4.31 Å². The molecule has 1 saturated heterocycles. The number of rotatable bonds is 3. The Bertz CT molecular complexity index is 603. The number of anilines is 1. The Balaban J connectivity index is 2.02. The molecule has 0 bridgehead atoms. The normalized spacial score (nSPS) is 20.6. The van der Waals surface area contributed by atoms with Crippen LogP contribution in [-0.4, -0.2) is 38.0 Å². The zero-order valence-corrected chi connectivity index (χ0v) is 14.1. The van der Waals surface area contributed by atoms with E-state index in [1.165, 1.54) is 10.6 Å². The number of carbonyl (C=O) groups excluding carboxylic acids is 1. The Labute approximate surface area is 132 Å². The molecule has 0 spiro atoms. The second kappa shape index (κ2) is 6.40. The van der Waals surface area contributed by atoms with Crippen molar-refractivity contribution < 1.29 is 13.2 Å². The highest BCUT2D eigenvalue weighted by atomic mass is 127. The van der Waals surface area contributed by atoms with E-state index >= 15 is 0 Å². The van der Waals surface area contributed by atoms with Gasteiger partial charge in [-0.25, -0.2) is 12.7 Å². The van der Waals surface area contributed by atoms with Crippen LogP contribution >= 0.6 is 22.6 Å². The number of halogens is 1. The lowest BCUT2D eigenvalue weighted by Crippen LogP contribution is -2.43. The van der Waals surface area contributed by atoms with Gasteiger partial charge in [0.25, 0.3) is 0 Å². The van der Waals surface area contributed by atoms with Crippen molar-refractivity contribution in [1.29, 1.82) is 0 Å². The molecule has 1 heterocycles. The molecule has 1 fully saturated rings. The van der Waals surface area contributed by atoms with Gasteiger partial charge in [0.2, 0.25) is 15.9 Å². The highest BCUT2D eigenvalue weighted by molar-refractivity contribution is 14.1. The number of piperidine rings is 1. The van der Waals surface area contributed by atoms with Gasteiger partial charge in [0.05, 0.1) is 12.2 Å². The van der Waals surface area contributed by atoms with E-state index < -0.39 is 10.0 Å². The highest BCUT2D eigenvalue weighted by Crippen LogP contribution is 2.21. The van der Waals surface area contributed by atoms with E-state index in [2.05, 4.69) is 27.9 Å². The summed E-state index contributed by atoms with van der Waals surface area (Å²) in [5.41, 5.74) is 0.748. The fourth-order valence-electron chi connectivity index (χ4n) is 2.27. The van der Waals surface area contributed by atoms with E-state index in [0.29, 0.717) is 6.54 Å². The third-order valence-corrected chi connectivity index (χ3v) is 5.26. The molecule has 1 aromatic carbocycles. The lowest BCUT2D eigenvalue weighted by Gasteiger charge is -2.30. The minimum Gasteiger partial charge on any atom is -0.326 e. The van der Waals surface area contributed by atoms with Crippen LogP contribution < -0.4 is 5.32 Å². The second-order valence-corrected chi connectivity index (χ2v) is 8.19. The summed E-state index contributed by atoms with van der Waals surface area (Å²) in [5.74, 6) is -0.392. The van der Waals surface area contributed by atoms with Crippen LogP contribution in [0.4, 0.5) is 5.69 Å². The summed E-state index contributed by atoms with van der Waals surface area (Å²) in [7, 11) is -3.22. The van der Waals surface area contributed by atoms with Gasteiger partial charge in [-0.05, 0) is 53.6 Å². The topological polar surface area (TPSA) is 66.5 Å². The molecular formula is C13H17IN2O3S. The number of nitrogens with one attached hydrogen (secondary N) is 1. The first-order valence-electron chi connectivity index (χ1n) is 6.38. The van der Waals surface area contributed by atoms with Crippen LogP contribution in [0.15, 0.2) is 24.3 Å². The summed E-state index contributed by atoms with van der Waals surface area (Å²) in [5, 5.41) is 2.86. The third-order valence-electron chi connectivity index (χ3n) is 3.32. The van der Waals surface area contributed by atoms with E-state index in [1.54, 1.807) is 0 Å². The molecular weight excluding hydrogens is 391 g/mol. The quantitative estimate of drug-likeness (QED) is 0.778. The molecule has 5 nitrogen and oxygen atoms in total. The maximum atomic E-state index is 12.2. The van der Waals surface area contributed by atoms with Gasteiger partial charge in [0.1, 0.15) is 0 Å². The van der Waals surface area contributed by atoms with E-state index in [0.717, 1.165) is 22.1 Å². The molecule has 2 rings (SSSR count). The monoisotopic (exact) mass is 408 g/mol. The van der Waals surface area contributed by atoms with Gasteiger partial charge in [0.15, 0.2) is 0 Å². The van der Waals surface area contributed by atoms with Crippen LogP contribution in [0.2, 0.25) is 0 Å². The minimum absolute atomic E-state index is 0.111. The summed E-state index contributed by atoms with van der Waals surface area (Å²) in [4.78, 5) is 12.2. The molecule has 1 aromatic rings. The standard InChI is InChI=1S/C13H17IN2O3S/c1-20(18,19)16-7-3-4-10(9-16)13(17)15-12-6-2-5-11(14)8-12/h2,5-6,8,10H,3-4,7,9H2,1H3,(H,15,17). The van der Waals surface area contributed by atoms with Gasteiger partial charge in [0, 0.05) is 22.3 Å². The number of nitrogens with zero attached hydrogens (tertiary/aromatic N) is 1. The molecule has 0 saturated carbocycles. The van der Waals surface area contributed by atoms with Crippen molar-refractivity contribution in [3.63, 3.8) is 0 Å². The summed E-state index contributed by atoms with van der Waals surface area (Å²) < 4.78 is 25.5. The van der Waals surface area contributed by atoms with Crippen LogP contribution in [0.5, 0.6) is 0 Å². The number of benzene rings is 1. The van der Waals surface area contributed by atoms with Crippen molar-refractivity contribution in [2.75, 3.05) is 24.7 Å². The fourth-order valence-corrected chi connectivity index (χ4v) is 3.72. The summed E-state index contributed by atoms with van der Waals surface area (Å²) >= 11 is 2.18. The number of hydrogen-bond donors (Lipinski definition) is 1. The first kappa shape index (κ1) is 15.7. The molecule has 1 unspecified atom stereocenters. The number of carbonyl (C=O) groups is 1. The van der Waals surface area contributed by atoms with Crippen molar-refractivity contribution in [2.45, 2.75) is 12.8 Å². The molecule has 1 aliphatic heterocycles. The molecule has 20 heavy (non-hydrogen) atoms. The predicted molar refractivity (Wildman–Crippen MR) is 86.9 cm³/mol. The Morgan fingerprint density at radius 2 is 2.20 bits per heavy atom. The molecule has 7 heteroatoms. The molecule has 1 amide bonds. The molecule has 1 aliphatic rings. The van der Waals surface area contributed by atoms with Crippen LogP contribution in [-0.2, 0) is 14.8 Å². The van der Waals surface area contributed by atoms with Gasteiger partial charge in [-0.3, -0.25) is 4.79 Å². The summed E-state index contributed by atoms with van der Waals surface area (Å²) in [6.07, 6.45) is 2.63. The second-order valence-electron chi connectivity index (χ2n) is 4.96. The minimum atomic E-state index is -3.22. The van der Waals surface area contributed by atoms with Crippen molar-refractivity contribution in [3.8, 4) is 0 Å². The van der Waals surface area contributed by atoms with Crippen LogP contribution in [0, 0.1) is 9.49 Å². The maximum Gasteiger partial charge on any atom is 0.228 e. The summed E-state index contributed by atoms with van der Waals surface area (Å²) in [6, 6.07) is 7.54. The third kappa shape index (κ3) is 4.16. The SMILES string of the molecule is CS(=O)(=O)N1CCCC(C(=O)Nc2cccc(I)c2)C1. The predicted octanol–water partition coefficient (Wildman–Crippen LogP) is 1.90. The number of amides is 1. The lowest BCUT2D eigenvalue weighted by atomic mass is 9.99. The van der Waals surface area contributed by atoms with Gasteiger partial charge in [-0.1, -0.05) is 6.07 Å². The Morgan fingerprint density at radius 1 is 1.45 bits per heavy atom. The van der Waals surface area contributed by atoms with Crippen molar-refractivity contribution >= 4 is 44.2 Å². The van der Waals surface area contributed by atoms with Crippen LogP contribution in [0.25, 0.3) is 0 Å². The first-order chi connectivity index (χ1) is 9.36. The van der Waals surface area contributed by atoms with Crippen LogP contribution in [0.3, 0.4) is 0 Å². The zero-order valence-electron chi connectivity index (χ0n) is 11.2. The molecule has 1 atom stereocenters. The molecule has 0 radical (unpaired) electrons. The van der Waals surface area contributed by atoms with E-state index in [1.807, 2.05) is 24.3 Å². The van der Waals surface area contributed by atoms with Crippen LogP contribution in [0.1, 0.15) is 12.8 Å². The average molecular weight is 408 g/mol. The number of sulfonamides is 1. The maximum absolute atomic E-state index is 12.2. The van der Waals surface area contributed by atoms with E-state index in [9.17, 15) is 13.2 Å². The van der Waals surface area contributed by atoms with Crippen molar-refractivity contribution in [2.24, 2.45) is 5.92 Å². The number of hydrogen-bond acceptors (Lipinski definition) is 3. The Hall–Kier alpha value is -0.670. The van der Waals surface area contributed by atoms with Gasteiger partial charge in [-0.15, -0.1) is 0 Å². The average Bonchev–Trinajstić information content (AvgIpc) is 2.38. The molecule has 1 N–H and O–H groups in total. The Morgan fingerprint density at radius 3 is 2.85 bits per heavy atom. The van der Waals surface area contributed by atoms with Gasteiger partial charge < -0.3 is 5.32 Å².